The molecule has 0 fully saturated rings. The second-order valence-electron chi connectivity index (χ2n) is 5.45. The molecule has 0 radical (unpaired) electrons. The van der Waals surface area contributed by atoms with Crippen LogP contribution in [0.2, 0.25) is 0 Å². The van der Waals surface area contributed by atoms with Crippen molar-refractivity contribution in [2.24, 2.45) is 7.05 Å². The van der Waals surface area contributed by atoms with Crippen molar-refractivity contribution in [3.05, 3.63) is 65.6 Å². The van der Waals surface area contributed by atoms with Crippen molar-refractivity contribution < 1.29 is 4.79 Å². The van der Waals surface area contributed by atoms with Gasteiger partial charge in [0.15, 0.2) is 0 Å². The van der Waals surface area contributed by atoms with Gasteiger partial charge >= 0.3 is 0 Å². The summed E-state index contributed by atoms with van der Waals surface area (Å²) in [5.41, 5.74) is 4.40. The van der Waals surface area contributed by atoms with Gasteiger partial charge in [0.1, 0.15) is 0 Å². The van der Waals surface area contributed by atoms with Crippen LogP contribution in [0.3, 0.4) is 0 Å². The number of carbonyl (C=O) groups is 1. The summed E-state index contributed by atoms with van der Waals surface area (Å²) in [6.45, 7) is 2.57. The molecule has 3 aromatic rings. The summed E-state index contributed by atoms with van der Waals surface area (Å²) in [5, 5.41) is 4.11. The maximum Gasteiger partial charge on any atom is 0.224 e. The number of benzene rings is 1. The fourth-order valence-corrected chi connectivity index (χ4v) is 2.75. The van der Waals surface area contributed by atoms with Crippen LogP contribution in [-0.4, -0.2) is 15.5 Å². The van der Waals surface area contributed by atoms with Gasteiger partial charge in [-0.1, -0.05) is 24.3 Å². The summed E-state index contributed by atoms with van der Waals surface area (Å²) in [6, 6.07) is 12.0. The topological polar surface area (TPSA) is 46.9 Å². The standard InChI is InChI=1S/C18H19N3O/c1-13-16(15-7-3-4-8-17(15)21(13)2)10-18(22)20-12-14-6-5-9-19-11-14/h3-9,11H,10,12H2,1-2H3,(H,20,22). The van der Waals surface area contributed by atoms with Gasteiger partial charge in [0.2, 0.25) is 5.91 Å². The van der Waals surface area contributed by atoms with E-state index >= 15 is 0 Å². The molecule has 2 aromatic heterocycles. The van der Waals surface area contributed by atoms with Crippen LogP contribution in [0, 0.1) is 6.92 Å². The summed E-state index contributed by atoms with van der Waals surface area (Å²) in [4.78, 5) is 16.3. The van der Waals surface area contributed by atoms with E-state index in [-0.39, 0.29) is 5.91 Å². The van der Waals surface area contributed by atoms with E-state index in [4.69, 9.17) is 0 Å². The molecule has 0 aliphatic rings. The quantitative estimate of drug-likeness (QED) is 0.804. The molecule has 1 N–H and O–H groups in total. The lowest BCUT2D eigenvalue weighted by atomic mass is 10.1. The van der Waals surface area contributed by atoms with Crippen molar-refractivity contribution in [2.45, 2.75) is 19.9 Å². The molecule has 0 saturated carbocycles. The number of nitrogens with one attached hydrogen (secondary N) is 1. The summed E-state index contributed by atoms with van der Waals surface area (Å²) in [7, 11) is 2.04. The number of amides is 1. The van der Waals surface area contributed by atoms with E-state index in [2.05, 4.69) is 33.9 Å². The van der Waals surface area contributed by atoms with Crippen molar-refractivity contribution in [3.63, 3.8) is 0 Å². The molecular formula is C18H19N3O. The van der Waals surface area contributed by atoms with Crippen molar-refractivity contribution in [2.75, 3.05) is 0 Å². The number of aryl methyl sites for hydroxylation is 1. The number of pyridine rings is 1. The molecular weight excluding hydrogens is 274 g/mol. The Kier molecular flexibility index (Phi) is 3.92. The maximum absolute atomic E-state index is 12.3. The second-order valence-corrected chi connectivity index (χ2v) is 5.45. The first-order valence-corrected chi connectivity index (χ1v) is 7.35. The third-order valence-corrected chi connectivity index (χ3v) is 4.08. The van der Waals surface area contributed by atoms with E-state index in [0.29, 0.717) is 13.0 Å². The molecule has 4 nitrogen and oxygen atoms in total. The Labute approximate surface area is 129 Å². The van der Waals surface area contributed by atoms with Crippen molar-refractivity contribution in [1.82, 2.24) is 14.9 Å². The maximum atomic E-state index is 12.3. The summed E-state index contributed by atoms with van der Waals surface area (Å²) < 4.78 is 2.14. The summed E-state index contributed by atoms with van der Waals surface area (Å²) in [6.07, 6.45) is 3.89. The number of aromatic nitrogens is 2. The first-order chi connectivity index (χ1) is 10.7. The highest BCUT2D eigenvalue weighted by Crippen LogP contribution is 2.25. The number of hydrogen-bond acceptors (Lipinski definition) is 2. The SMILES string of the molecule is Cc1c(CC(=O)NCc2cccnc2)c2ccccc2n1C. The molecule has 0 unspecified atom stereocenters. The minimum Gasteiger partial charge on any atom is -0.352 e. The average molecular weight is 293 g/mol. The number of para-hydroxylation sites is 1. The largest absolute Gasteiger partial charge is 0.352 e. The molecule has 0 bridgehead atoms. The average Bonchev–Trinajstić information content (AvgIpc) is 2.79. The summed E-state index contributed by atoms with van der Waals surface area (Å²) >= 11 is 0. The highest BCUT2D eigenvalue weighted by Gasteiger charge is 2.14. The van der Waals surface area contributed by atoms with Gasteiger partial charge in [0.05, 0.1) is 6.42 Å². The first-order valence-electron chi connectivity index (χ1n) is 7.35. The molecule has 0 aliphatic heterocycles. The minimum absolute atomic E-state index is 0.0308. The smallest absolute Gasteiger partial charge is 0.224 e. The molecule has 4 heteroatoms. The predicted octanol–water partition coefficient (Wildman–Crippen LogP) is 2.74. The number of hydrogen-bond donors (Lipinski definition) is 1. The molecule has 112 valence electrons. The normalized spacial score (nSPS) is 10.8. The van der Waals surface area contributed by atoms with E-state index in [1.54, 1.807) is 12.4 Å². The number of fused-ring (bicyclic) bond motifs is 1. The highest BCUT2D eigenvalue weighted by molar-refractivity contribution is 5.90. The van der Waals surface area contributed by atoms with Gasteiger partial charge in [0, 0.05) is 42.6 Å². The Balaban J connectivity index is 1.76. The zero-order valence-electron chi connectivity index (χ0n) is 12.8. The third-order valence-electron chi connectivity index (χ3n) is 4.08. The predicted molar refractivity (Wildman–Crippen MR) is 87.4 cm³/mol. The Hall–Kier alpha value is -2.62. The molecule has 0 saturated heterocycles. The molecule has 3 rings (SSSR count). The van der Waals surface area contributed by atoms with Gasteiger partial charge in [-0.3, -0.25) is 9.78 Å². The zero-order chi connectivity index (χ0) is 15.5. The third kappa shape index (κ3) is 2.72. The van der Waals surface area contributed by atoms with Gasteiger partial charge in [0.25, 0.3) is 0 Å². The lowest BCUT2D eigenvalue weighted by molar-refractivity contribution is -0.120. The fraction of sp³-hybridized carbons (Fsp3) is 0.222. The fourth-order valence-electron chi connectivity index (χ4n) is 2.75. The van der Waals surface area contributed by atoms with Crippen molar-refractivity contribution in [1.29, 1.82) is 0 Å². The lowest BCUT2D eigenvalue weighted by Crippen LogP contribution is -2.24. The Morgan fingerprint density at radius 1 is 1.23 bits per heavy atom. The molecule has 0 aliphatic carbocycles. The first kappa shape index (κ1) is 14.3. The van der Waals surface area contributed by atoms with Crippen LogP contribution in [0.15, 0.2) is 48.8 Å². The van der Waals surface area contributed by atoms with Crippen molar-refractivity contribution in [3.8, 4) is 0 Å². The Morgan fingerprint density at radius 3 is 2.82 bits per heavy atom. The molecule has 22 heavy (non-hydrogen) atoms. The molecule has 1 aromatic carbocycles. The van der Waals surface area contributed by atoms with Gasteiger partial charge in [-0.15, -0.1) is 0 Å². The number of carbonyl (C=O) groups excluding carboxylic acids is 1. The second kappa shape index (κ2) is 6.02. The van der Waals surface area contributed by atoms with Gasteiger partial charge < -0.3 is 9.88 Å². The monoisotopic (exact) mass is 293 g/mol. The zero-order valence-corrected chi connectivity index (χ0v) is 12.8. The van der Waals surface area contributed by atoms with E-state index < -0.39 is 0 Å². The van der Waals surface area contributed by atoms with Crippen LogP contribution in [0.4, 0.5) is 0 Å². The van der Waals surface area contributed by atoms with E-state index in [9.17, 15) is 4.79 Å². The molecule has 0 atom stereocenters. The number of rotatable bonds is 4. The van der Waals surface area contributed by atoms with Gasteiger partial charge in [-0.05, 0) is 30.2 Å². The van der Waals surface area contributed by atoms with Gasteiger partial charge in [-0.2, -0.15) is 0 Å². The molecule has 1 amide bonds. The molecule has 0 spiro atoms. The summed E-state index contributed by atoms with van der Waals surface area (Å²) in [5.74, 6) is 0.0308. The lowest BCUT2D eigenvalue weighted by Gasteiger charge is -2.06. The Morgan fingerprint density at radius 2 is 2.05 bits per heavy atom. The van der Waals surface area contributed by atoms with Crippen LogP contribution >= 0.6 is 0 Å². The van der Waals surface area contributed by atoms with E-state index in [1.165, 1.54) is 0 Å². The Bertz CT molecular complexity index is 806. The van der Waals surface area contributed by atoms with E-state index in [1.807, 2.05) is 31.3 Å². The minimum atomic E-state index is 0.0308. The molecule has 2 heterocycles. The van der Waals surface area contributed by atoms with E-state index in [0.717, 1.165) is 27.7 Å². The van der Waals surface area contributed by atoms with Gasteiger partial charge in [-0.25, -0.2) is 0 Å². The van der Waals surface area contributed by atoms with Crippen LogP contribution in [-0.2, 0) is 24.8 Å². The number of nitrogens with zero attached hydrogens (tertiary/aromatic N) is 2. The van der Waals surface area contributed by atoms with Crippen LogP contribution < -0.4 is 5.32 Å². The van der Waals surface area contributed by atoms with Crippen molar-refractivity contribution >= 4 is 16.8 Å². The van der Waals surface area contributed by atoms with Crippen LogP contribution in [0.1, 0.15) is 16.8 Å². The highest BCUT2D eigenvalue weighted by atomic mass is 16.1. The van der Waals surface area contributed by atoms with Crippen LogP contribution in [0.25, 0.3) is 10.9 Å². The van der Waals surface area contributed by atoms with Crippen LogP contribution in [0.5, 0.6) is 0 Å².